The van der Waals surface area contributed by atoms with Gasteiger partial charge in [-0.05, 0) is 43.2 Å². The molecular formula is C16H15F3O. The van der Waals surface area contributed by atoms with Crippen molar-refractivity contribution >= 4 is 0 Å². The molecule has 0 aromatic heterocycles. The molecule has 2 rings (SSSR count). The van der Waals surface area contributed by atoms with Gasteiger partial charge in [0.05, 0.1) is 5.56 Å². The lowest BCUT2D eigenvalue weighted by Gasteiger charge is -2.15. The predicted octanol–water partition coefficient (Wildman–Crippen LogP) is 5.37. The first-order chi connectivity index (χ1) is 9.40. The lowest BCUT2D eigenvalue weighted by atomic mass is 10.1. The number of aryl methyl sites for hydroxylation is 2. The summed E-state index contributed by atoms with van der Waals surface area (Å²) >= 11 is 0. The number of alkyl halides is 3. The summed E-state index contributed by atoms with van der Waals surface area (Å²) in [6.45, 7) is 3.79. The number of ether oxygens (including phenoxy) is 1. The van der Waals surface area contributed by atoms with E-state index in [0.717, 1.165) is 17.2 Å². The number of halogens is 3. The van der Waals surface area contributed by atoms with Crippen LogP contribution in [0.4, 0.5) is 13.2 Å². The van der Waals surface area contributed by atoms with E-state index in [1.807, 2.05) is 13.8 Å². The monoisotopic (exact) mass is 280 g/mol. The van der Waals surface area contributed by atoms with E-state index in [-0.39, 0.29) is 5.75 Å². The van der Waals surface area contributed by atoms with Crippen LogP contribution in [0.5, 0.6) is 11.5 Å². The molecule has 0 spiro atoms. The summed E-state index contributed by atoms with van der Waals surface area (Å²) < 4.78 is 44.3. The molecule has 0 aliphatic heterocycles. The number of benzene rings is 2. The van der Waals surface area contributed by atoms with Crippen LogP contribution in [0.25, 0.3) is 0 Å². The highest BCUT2D eigenvalue weighted by Crippen LogP contribution is 2.38. The van der Waals surface area contributed by atoms with Gasteiger partial charge in [0.2, 0.25) is 0 Å². The van der Waals surface area contributed by atoms with E-state index in [1.54, 1.807) is 24.3 Å². The van der Waals surface area contributed by atoms with Crippen molar-refractivity contribution in [1.82, 2.24) is 0 Å². The third kappa shape index (κ3) is 3.32. The topological polar surface area (TPSA) is 9.23 Å². The van der Waals surface area contributed by atoms with Gasteiger partial charge in [0.15, 0.2) is 0 Å². The molecule has 2 aromatic carbocycles. The molecule has 0 fully saturated rings. The third-order valence-corrected chi connectivity index (χ3v) is 3.01. The van der Waals surface area contributed by atoms with Crippen LogP contribution in [0.3, 0.4) is 0 Å². The average molecular weight is 280 g/mol. The predicted molar refractivity (Wildman–Crippen MR) is 72.1 cm³/mol. The van der Waals surface area contributed by atoms with Gasteiger partial charge in [-0.2, -0.15) is 13.2 Å². The molecule has 106 valence electrons. The van der Waals surface area contributed by atoms with Gasteiger partial charge in [-0.25, -0.2) is 0 Å². The summed E-state index contributed by atoms with van der Waals surface area (Å²) in [6.07, 6.45) is -3.77. The minimum atomic E-state index is -4.42. The zero-order chi connectivity index (χ0) is 14.8. The van der Waals surface area contributed by atoms with Gasteiger partial charge in [0.1, 0.15) is 11.5 Å². The second-order valence-electron chi connectivity index (χ2n) is 4.60. The van der Waals surface area contributed by atoms with Crippen molar-refractivity contribution in [3.05, 3.63) is 59.2 Å². The van der Waals surface area contributed by atoms with Crippen molar-refractivity contribution in [3.63, 3.8) is 0 Å². The summed E-state index contributed by atoms with van der Waals surface area (Å²) in [7, 11) is 0. The first-order valence-corrected chi connectivity index (χ1v) is 6.35. The Bertz CT molecular complexity index is 586. The molecule has 20 heavy (non-hydrogen) atoms. The minimum Gasteiger partial charge on any atom is -0.457 e. The fraction of sp³-hybridized carbons (Fsp3) is 0.250. The highest BCUT2D eigenvalue weighted by atomic mass is 19.4. The molecule has 0 heterocycles. The van der Waals surface area contributed by atoms with Crippen molar-refractivity contribution in [2.24, 2.45) is 0 Å². The SMILES string of the molecule is CCc1ccc(C(F)(F)F)c(Oc2ccc(C)cc2)c1. The molecule has 0 amide bonds. The van der Waals surface area contributed by atoms with Crippen molar-refractivity contribution < 1.29 is 17.9 Å². The summed E-state index contributed by atoms with van der Waals surface area (Å²) in [5.74, 6) is 0.245. The molecule has 0 saturated heterocycles. The summed E-state index contributed by atoms with van der Waals surface area (Å²) in [5, 5.41) is 0. The third-order valence-electron chi connectivity index (χ3n) is 3.01. The standard InChI is InChI=1S/C16H15F3O/c1-3-12-6-9-14(16(17,18)19)15(10-12)20-13-7-4-11(2)5-8-13/h4-10H,3H2,1-2H3. The Morgan fingerprint density at radius 3 is 2.20 bits per heavy atom. The van der Waals surface area contributed by atoms with Crippen LogP contribution in [0, 0.1) is 6.92 Å². The molecule has 0 N–H and O–H groups in total. The number of hydrogen-bond acceptors (Lipinski definition) is 1. The van der Waals surface area contributed by atoms with Gasteiger partial charge in [-0.3, -0.25) is 0 Å². The second-order valence-corrected chi connectivity index (χ2v) is 4.60. The van der Waals surface area contributed by atoms with E-state index in [2.05, 4.69) is 0 Å². The molecule has 0 radical (unpaired) electrons. The van der Waals surface area contributed by atoms with Crippen molar-refractivity contribution in [1.29, 1.82) is 0 Å². The molecule has 0 bridgehead atoms. The van der Waals surface area contributed by atoms with Crippen molar-refractivity contribution in [2.45, 2.75) is 26.4 Å². The van der Waals surface area contributed by atoms with E-state index in [9.17, 15) is 13.2 Å². The molecule has 0 unspecified atom stereocenters. The molecule has 0 aliphatic rings. The Kier molecular flexibility index (Phi) is 4.02. The number of hydrogen-bond donors (Lipinski definition) is 0. The van der Waals surface area contributed by atoms with Crippen LogP contribution in [0.1, 0.15) is 23.6 Å². The van der Waals surface area contributed by atoms with Gasteiger partial charge >= 0.3 is 6.18 Å². The molecular weight excluding hydrogens is 265 g/mol. The normalized spacial score (nSPS) is 11.4. The quantitative estimate of drug-likeness (QED) is 0.734. The Labute approximate surface area is 116 Å². The smallest absolute Gasteiger partial charge is 0.419 e. The van der Waals surface area contributed by atoms with Crippen LogP contribution in [0.2, 0.25) is 0 Å². The fourth-order valence-corrected chi connectivity index (χ4v) is 1.84. The highest BCUT2D eigenvalue weighted by Gasteiger charge is 2.34. The molecule has 0 aliphatic carbocycles. The van der Waals surface area contributed by atoms with Crippen LogP contribution in [-0.4, -0.2) is 0 Å². The van der Waals surface area contributed by atoms with Crippen molar-refractivity contribution in [2.75, 3.05) is 0 Å². The van der Waals surface area contributed by atoms with Crippen LogP contribution in [-0.2, 0) is 12.6 Å². The zero-order valence-electron chi connectivity index (χ0n) is 11.3. The minimum absolute atomic E-state index is 0.152. The molecule has 4 heteroatoms. The largest absolute Gasteiger partial charge is 0.457 e. The first kappa shape index (κ1) is 14.4. The zero-order valence-corrected chi connectivity index (χ0v) is 11.3. The molecule has 2 aromatic rings. The maximum absolute atomic E-state index is 13.0. The highest BCUT2D eigenvalue weighted by molar-refractivity contribution is 5.42. The van der Waals surface area contributed by atoms with Gasteiger partial charge in [-0.1, -0.05) is 30.7 Å². The summed E-state index contributed by atoms with van der Waals surface area (Å²) in [5.41, 5.74) is 1.08. The van der Waals surface area contributed by atoms with Gasteiger partial charge in [0, 0.05) is 0 Å². The van der Waals surface area contributed by atoms with E-state index in [4.69, 9.17) is 4.74 Å². The maximum Gasteiger partial charge on any atom is 0.419 e. The van der Waals surface area contributed by atoms with E-state index in [1.165, 1.54) is 12.1 Å². The lowest BCUT2D eigenvalue weighted by molar-refractivity contribution is -0.138. The second kappa shape index (κ2) is 5.57. The number of rotatable bonds is 3. The van der Waals surface area contributed by atoms with Crippen LogP contribution in [0.15, 0.2) is 42.5 Å². The van der Waals surface area contributed by atoms with Crippen molar-refractivity contribution in [3.8, 4) is 11.5 Å². The first-order valence-electron chi connectivity index (χ1n) is 6.35. The van der Waals surface area contributed by atoms with Gasteiger partial charge < -0.3 is 4.74 Å². The maximum atomic E-state index is 13.0. The van der Waals surface area contributed by atoms with Crippen LogP contribution >= 0.6 is 0 Å². The Hall–Kier alpha value is -1.97. The van der Waals surface area contributed by atoms with E-state index >= 15 is 0 Å². The molecule has 0 atom stereocenters. The average Bonchev–Trinajstić information content (AvgIpc) is 2.40. The Balaban J connectivity index is 2.40. The van der Waals surface area contributed by atoms with Gasteiger partial charge in [-0.15, -0.1) is 0 Å². The molecule has 0 saturated carbocycles. The van der Waals surface area contributed by atoms with E-state index < -0.39 is 11.7 Å². The summed E-state index contributed by atoms with van der Waals surface area (Å²) in [4.78, 5) is 0. The Morgan fingerprint density at radius 1 is 1.00 bits per heavy atom. The Morgan fingerprint density at radius 2 is 1.65 bits per heavy atom. The molecule has 1 nitrogen and oxygen atoms in total. The van der Waals surface area contributed by atoms with E-state index in [0.29, 0.717) is 12.2 Å². The van der Waals surface area contributed by atoms with Crippen LogP contribution < -0.4 is 4.74 Å². The van der Waals surface area contributed by atoms with Gasteiger partial charge in [0.25, 0.3) is 0 Å². The lowest BCUT2D eigenvalue weighted by Crippen LogP contribution is -2.07. The summed E-state index contributed by atoms with van der Waals surface area (Å²) in [6, 6.07) is 10.9. The fourth-order valence-electron chi connectivity index (χ4n) is 1.84.